The lowest BCUT2D eigenvalue weighted by Gasteiger charge is -2.33. The Bertz CT molecular complexity index is 726. The molecule has 2 rings (SSSR count). The normalized spacial score (nSPS) is 17.3. The maximum atomic E-state index is 12.6. The molecule has 140 valence electrons. The van der Waals surface area contributed by atoms with Crippen molar-refractivity contribution < 1.29 is 23.9 Å². The van der Waals surface area contributed by atoms with E-state index in [1.807, 2.05) is 0 Å². The molecule has 1 aromatic rings. The van der Waals surface area contributed by atoms with Crippen LogP contribution in [0.5, 0.6) is 0 Å². The third-order valence-electron chi connectivity index (χ3n) is 4.18. The van der Waals surface area contributed by atoms with Crippen LogP contribution in [0.2, 0.25) is 5.02 Å². The number of esters is 2. The van der Waals surface area contributed by atoms with Gasteiger partial charge in [0.25, 0.3) is 0 Å². The van der Waals surface area contributed by atoms with E-state index in [9.17, 15) is 14.4 Å². The van der Waals surface area contributed by atoms with Crippen LogP contribution in [0, 0.1) is 0 Å². The van der Waals surface area contributed by atoms with E-state index in [0.717, 1.165) is 5.56 Å². The van der Waals surface area contributed by atoms with Gasteiger partial charge in [0.1, 0.15) is 6.54 Å². The van der Waals surface area contributed by atoms with Crippen LogP contribution in [0.1, 0.15) is 38.7 Å². The van der Waals surface area contributed by atoms with E-state index in [0.29, 0.717) is 16.3 Å². The van der Waals surface area contributed by atoms with E-state index in [1.165, 1.54) is 4.90 Å². The molecular formula is C19H22ClNO5. The summed E-state index contributed by atoms with van der Waals surface area (Å²) < 4.78 is 10.1. The first kappa shape index (κ1) is 20.0. The topological polar surface area (TPSA) is 72.9 Å². The smallest absolute Gasteiger partial charge is 0.336 e. The number of hydrogen-bond acceptors (Lipinski definition) is 5. The van der Waals surface area contributed by atoms with Gasteiger partial charge in [-0.3, -0.25) is 9.59 Å². The molecule has 0 bridgehead atoms. The molecule has 1 heterocycles. The molecule has 1 aliphatic rings. The number of carbonyl (C=O) groups excluding carboxylic acids is 3. The van der Waals surface area contributed by atoms with E-state index >= 15 is 0 Å². The van der Waals surface area contributed by atoms with Crippen molar-refractivity contribution in [1.82, 2.24) is 4.90 Å². The quantitative estimate of drug-likeness (QED) is 0.710. The number of hydrogen-bond donors (Lipinski definition) is 0. The number of benzene rings is 1. The van der Waals surface area contributed by atoms with E-state index < -0.39 is 17.9 Å². The first-order valence-electron chi connectivity index (χ1n) is 8.48. The number of nitrogens with zero attached hydrogens (tertiary/aromatic N) is 1. The minimum atomic E-state index is -0.520. The van der Waals surface area contributed by atoms with Gasteiger partial charge in [0.2, 0.25) is 5.91 Å². The fourth-order valence-electron chi connectivity index (χ4n) is 2.99. The zero-order chi connectivity index (χ0) is 19.3. The molecule has 0 aromatic heterocycles. The van der Waals surface area contributed by atoms with Gasteiger partial charge in [0.15, 0.2) is 0 Å². The largest absolute Gasteiger partial charge is 0.465 e. The molecule has 0 radical (unpaired) electrons. The molecule has 0 saturated heterocycles. The van der Waals surface area contributed by atoms with Crippen LogP contribution in [0.3, 0.4) is 0 Å². The molecule has 1 aliphatic heterocycles. The van der Waals surface area contributed by atoms with Crippen LogP contribution in [0.15, 0.2) is 35.5 Å². The molecule has 0 spiro atoms. The van der Waals surface area contributed by atoms with Crippen LogP contribution < -0.4 is 0 Å². The van der Waals surface area contributed by atoms with Crippen LogP contribution in [-0.4, -0.2) is 42.5 Å². The molecular weight excluding hydrogens is 358 g/mol. The molecule has 26 heavy (non-hydrogen) atoms. The lowest BCUT2D eigenvalue weighted by atomic mass is 9.83. The Morgan fingerprint density at radius 2 is 1.77 bits per heavy atom. The predicted octanol–water partition coefficient (Wildman–Crippen LogP) is 3.06. The van der Waals surface area contributed by atoms with Crippen LogP contribution in [-0.2, 0) is 23.9 Å². The Labute approximate surface area is 157 Å². The van der Waals surface area contributed by atoms with Gasteiger partial charge < -0.3 is 14.4 Å². The maximum Gasteiger partial charge on any atom is 0.336 e. The molecule has 6 nitrogen and oxygen atoms in total. The third-order valence-corrected chi connectivity index (χ3v) is 4.44. The van der Waals surface area contributed by atoms with Crippen molar-refractivity contribution in [1.29, 1.82) is 0 Å². The standard InChI is InChI=1S/C19H22ClNO5/c1-4-25-17(23)11-21-12(3)18(19(24)26-5-2)15(10-16(21)22)13-6-8-14(20)9-7-13/h6-9,15H,4-5,10-11H2,1-3H3/t15-/m1/s1. The summed E-state index contributed by atoms with van der Waals surface area (Å²) >= 11 is 5.94. The summed E-state index contributed by atoms with van der Waals surface area (Å²) in [5.74, 6) is -1.71. The highest BCUT2D eigenvalue weighted by Gasteiger charge is 2.37. The van der Waals surface area contributed by atoms with Gasteiger partial charge in [-0.25, -0.2) is 4.79 Å². The molecule has 1 atom stereocenters. The average Bonchev–Trinajstić information content (AvgIpc) is 2.59. The molecule has 0 unspecified atom stereocenters. The summed E-state index contributed by atoms with van der Waals surface area (Å²) in [5.41, 5.74) is 1.58. The van der Waals surface area contributed by atoms with E-state index in [4.69, 9.17) is 21.1 Å². The molecule has 1 amide bonds. The molecule has 0 saturated carbocycles. The number of allylic oxidation sites excluding steroid dienone is 1. The van der Waals surface area contributed by atoms with Crippen LogP contribution in [0.25, 0.3) is 0 Å². The van der Waals surface area contributed by atoms with E-state index in [1.54, 1.807) is 45.0 Å². The van der Waals surface area contributed by atoms with Crippen molar-refractivity contribution in [3.8, 4) is 0 Å². The minimum Gasteiger partial charge on any atom is -0.465 e. The van der Waals surface area contributed by atoms with Crippen molar-refractivity contribution in [3.63, 3.8) is 0 Å². The zero-order valence-electron chi connectivity index (χ0n) is 15.1. The summed E-state index contributed by atoms with van der Waals surface area (Å²) in [5, 5.41) is 0.568. The SMILES string of the molecule is CCOC(=O)CN1C(=O)C[C@H](c2ccc(Cl)cc2)C(C(=O)OCC)=C1C. The van der Waals surface area contributed by atoms with Crippen molar-refractivity contribution in [2.45, 2.75) is 33.1 Å². The highest BCUT2D eigenvalue weighted by molar-refractivity contribution is 6.30. The fourth-order valence-corrected chi connectivity index (χ4v) is 3.12. The van der Waals surface area contributed by atoms with Gasteiger partial charge in [-0.1, -0.05) is 23.7 Å². The number of rotatable bonds is 6. The summed E-state index contributed by atoms with van der Waals surface area (Å²) in [4.78, 5) is 38.3. The summed E-state index contributed by atoms with van der Waals surface area (Å²) in [6, 6.07) is 7.00. The first-order valence-corrected chi connectivity index (χ1v) is 8.86. The second-order valence-electron chi connectivity index (χ2n) is 5.81. The highest BCUT2D eigenvalue weighted by atomic mass is 35.5. The Hall–Kier alpha value is -2.34. The lowest BCUT2D eigenvalue weighted by Crippen LogP contribution is -2.41. The second-order valence-corrected chi connectivity index (χ2v) is 6.25. The number of ether oxygens (including phenoxy) is 2. The van der Waals surface area contributed by atoms with E-state index in [-0.39, 0.29) is 32.1 Å². The van der Waals surface area contributed by atoms with Crippen molar-refractivity contribution in [3.05, 3.63) is 46.1 Å². The Morgan fingerprint density at radius 3 is 2.35 bits per heavy atom. The van der Waals surface area contributed by atoms with E-state index in [2.05, 4.69) is 0 Å². The van der Waals surface area contributed by atoms with Gasteiger partial charge in [-0.15, -0.1) is 0 Å². The van der Waals surface area contributed by atoms with Gasteiger partial charge in [-0.2, -0.15) is 0 Å². The summed E-state index contributed by atoms with van der Waals surface area (Å²) in [7, 11) is 0. The minimum absolute atomic E-state index is 0.0620. The van der Waals surface area contributed by atoms with Gasteiger partial charge in [0, 0.05) is 23.1 Å². The van der Waals surface area contributed by atoms with Crippen molar-refractivity contribution in [2.75, 3.05) is 19.8 Å². The Morgan fingerprint density at radius 1 is 1.15 bits per heavy atom. The molecule has 0 aliphatic carbocycles. The summed E-state index contributed by atoms with van der Waals surface area (Å²) in [6.07, 6.45) is 0.0620. The third kappa shape index (κ3) is 4.43. The second kappa shape index (κ2) is 8.85. The lowest BCUT2D eigenvalue weighted by molar-refractivity contribution is -0.149. The monoisotopic (exact) mass is 379 g/mol. The highest BCUT2D eigenvalue weighted by Crippen LogP contribution is 2.37. The van der Waals surface area contributed by atoms with Gasteiger partial charge >= 0.3 is 11.9 Å². The summed E-state index contributed by atoms with van der Waals surface area (Å²) in [6.45, 7) is 5.27. The molecule has 0 N–H and O–H groups in total. The van der Waals surface area contributed by atoms with Crippen LogP contribution in [0.4, 0.5) is 0 Å². The Kier molecular flexibility index (Phi) is 6.80. The fraction of sp³-hybridized carbons (Fsp3) is 0.421. The van der Waals surface area contributed by atoms with Crippen molar-refractivity contribution in [2.24, 2.45) is 0 Å². The number of carbonyl (C=O) groups is 3. The first-order chi connectivity index (χ1) is 12.4. The average molecular weight is 380 g/mol. The van der Waals surface area contributed by atoms with Crippen molar-refractivity contribution >= 4 is 29.4 Å². The predicted molar refractivity (Wildman–Crippen MR) is 96.5 cm³/mol. The van der Waals surface area contributed by atoms with Crippen LogP contribution >= 0.6 is 11.6 Å². The van der Waals surface area contributed by atoms with Gasteiger partial charge in [-0.05, 0) is 38.5 Å². The number of halogens is 1. The Balaban J connectivity index is 2.44. The maximum absolute atomic E-state index is 12.6. The zero-order valence-corrected chi connectivity index (χ0v) is 15.8. The van der Waals surface area contributed by atoms with Gasteiger partial charge in [0.05, 0.1) is 18.8 Å². The number of amides is 1. The molecule has 0 fully saturated rings. The molecule has 1 aromatic carbocycles. The molecule has 7 heteroatoms.